The van der Waals surface area contributed by atoms with Crippen LogP contribution in [0, 0.1) is 11.8 Å². The molecule has 0 aromatic heterocycles. The first-order valence-corrected chi connectivity index (χ1v) is 8.99. The minimum atomic E-state index is 0.238. The van der Waals surface area contributed by atoms with E-state index >= 15 is 0 Å². The van der Waals surface area contributed by atoms with Gasteiger partial charge in [0.05, 0.1) is 0 Å². The number of carbonyl (C=O) groups excluding carboxylic acids is 1. The van der Waals surface area contributed by atoms with Crippen LogP contribution >= 0.6 is 0 Å². The second kappa shape index (κ2) is 9.31. The summed E-state index contributed by atoms with van der Waals surface area (Å²) in [4.78, 5) is 14.7. The van der Waals surface area contributed by atoms with Gasteiger partial charge in [0.2, 0.25) is 5.91 Å². The largest absolute Gasteiger partial charge is 0.356 e. The van der Waals surface area contributed by atoms with E-state index in [-0.39, 0.29) is 11.8 Å². The predicted molar refractivity (Wildman–Crippen MR) is 91.8 cm³/mol. The molecule has 0 aromatic rings. The molecule has 0 bridgehead atoms. The SMILES string of the molecule is CC(C)=CCN1CCC[C@H](CCNC(=O)C2CCNCC2)C1. The highest BCUT2D eigenvalue weighted by Crippen LogP contribution is 2.19. The highest BCUT2D eigenvalue weighted by molar-refractivity contribution is 5.78. The van der Waals surface area contributed by atoms with Gasteiger partial charge in [-0.2, -0.15) is 0 Å². The molecule has 4 heteroatoms. The number of hydrogen-bond donors (Lipinski definition) is 2. The van der Waals surface area contributed by atoms with Crippen LogP contribution in [0.15, 0.2) is 11.6 Å². The van der Waals surface area contributed by atoms with E-state index in [9.17, 15) is 4.79 Å². The number of nitrogens with one attached hydrogen (secondary N) is 2. The Bertz CT molecular complexity index is 371. The van der Waals surface area contributed by atoms with Crippen LogP contribution in [0.3, 0.4) is 0 Å². The molecule has 1 atom stereocenters. The van der Waals surface area contributed by atoms with Crippen LogP contribution in [0.5, 0.6) is 0 Å². The summed E-state index contributed by atoms with van der Waals surface area (Å²) < 4.78 is 0. The summed E-state index contributed by atoms with van der Waals surface area (Å²) in [7, 11) is 0. The number of nitrogens with zero attached hydrogens (tertiary/aromatic N) is 1. The summed E-state index contributed by atoms with van der Waals surface area (Å²) in [5.74, 6) is 1.26. The van der Waals surface area contributed by atoms with E-state index in [0.29, 0.717) is 0 Å². The van der Waals surface area contributed by atoms with E-state index in [1.165, 1.54) is 31.5 Å². The maximum atomic E-state index is 12.1. The van der Waals surface area contributed by atoms with Gasteiger partial charge in [0.1, 0.15) is 0 Å². The van der Waals surface area contributed by atoms with Gasteiger partial charge in [-0.25, -0.2) is 0 Å². The molecule has 126 valence electrons. The van der Waals surface area contributed by atoms with E-state index in [1.807, 2.05) is 0 Å². The standard InChI is InChI=1S/C18H33N3O/c1-15(2)8-13-21-12-3-4-16(14-21)5-11-20-18(22)17-6-9-19-10-7-17/h8,16-17,19H,3-7,9-14H2,1-2H3,(H,20,22)/t16-/m1/s1. The van der Waals surface area contributed by atoms with Crippen molar-refractivity contribution in [2.45, 2.75) is 46.0 Å². The van der Waals surface area contributed by atoms with Gasteiger partial charge in [0.25, 0.3) is 0 Å². The molecule has 0 spiro atoms. The van der Waals surface area contributed by atoms with Crippen molar-refractivity contribution in [3.8, 4) is 0 Å². The monoisotopic (exact) mass is 307 g/mol. The number of rotatable bonds is 6. The topological polar surface area (TPSA) is 44.4 Å². The maximum absolute atomic E-state index is 12.1. The second-order valence-electron chi connectivity index (χ2n) is 7.15. The second-order valence-corrected chi connectivity index (χ2v) is 7.15. The third-order valence-electron chi connectivity index (χ3n) is 4.92. The molecule has 2 N–H and O–H groups in total. The van der Waals surface area contributed by atoms with Gasteiger partial charge in [-0.1, -0.05) is 11.6 Å². The van der Waals surface area contributed by atoms with Crippen molar-refractivity contribution in [1.29, 1.82) is 0 Å². The molecule has 0 saturated carbocycles. The van der Waals surface area contributed by atoms with Crippen molar-refractivity contribution in [3.63, 3.8) is 0 Å². The molecule has 0 aromatic carbocycles. The Morgan fingerprint density at radius 3 is 2.77 bits per heavy atom. The molecule has 2 fully saturated rings. The summed E-state index contributed by atoms with van der Waals surface area (Å²) >= 11 is 0. The summed E-state index contributed by atoms with van der Waals surface area (Å²) in [5.41, 5.74) is 1.40. The van der Waals surface area contributed by atoms with Gasteiger partial charge in [-0.05, 0) is 71.5 Å². The first-order chi connectivity index (χ1) is 10.6. The highest BCUT2D eigenvalue weighted by Gasteiger charge is 2.22. The summed E-state index contributed by atoms with van der Waals surface area (Å²) in [6.45, 7) is 10.6. The van der Waals surface area contributed by atoms with E-state index in [0.717, 1.165) is 51.4 Å². The smallest absolute Gasteiger partial charge is 0.223 e. The Hall–Kier alpha value is -0.870. The van der Waals surface area contributed by atoms with Crippen molar-refractivity contribution >= 4 is 5.91 Å². The van der Waals surface area contributed by atoms with Crippen molar-refractivity contribution in [3.05, 3.63) is 11.6 Å². The average molecular weight is 307 g/mol. The van der Waals surface area contributed by atoms with Crippen molar-refractivity contribution in [2.24, 2.45) is 11.8 Å². The number of carbonyl (C=O) groups is 1. The summed E-state index contributed by atoms with van der Waals surface area (Å²) in [5, 5.41) is 6.48. The predicted octanol–water partition coefficient (Wildman–Crippen LogP) is 2.17. The number of piperidine rings is 2. The first kappa shape index (κ1) is 17.5. The zero-order chi connectivity index (χ0) is 15.8. The zero-order valence-corrected chi connectivity index (χ0v) is 14.4. The van der Waals surface area contributed by atoms with E-state index < -0.39 is 0 Å². The Labute approximate surface area is 135 Å². The first-order valence-electron chi connectivity index (χ1n) is 8.99. The van der Waals surface area contributed by atoms with Crippen LogP contribution in [0.1, 0.15) is 46.0 Å². The lowest BCUT2D eigenvalue weighted by Crippen LogP contribution is -2.40. The summed E-state index contributed by atoms with van der Waals surface area (Å²) in [6, 6.07) is 0. The Balaban J connectivity index is 1.63. The van der Waals surface area contributed by atoms with Gasteiger partial charge in [-0.15, -0.1) is 0 Å². The minimum absolute atomic E-state index is 0.238. The molecule has 2 aliphatic rings. The lowest BCUT2D eigenvalue weighted by Gasteiger charge is -2.32. The lowest BCUT2D eigenvalue weighted by molar-refractivity contribution is -0.125. The lowest BCUT2D eigenvalue weighted by atomic mass is 9.94. The normalized spacial score (nSPS) is 24.0. The maximum Gasteiger partial charge on any atom is 0.223 e. The fourth-order valence-corrected chi connectivity index (χ4v) is 3.49. The number of allylic oxidation sites excluding steroid dienone is 1. The molecule has 4 nitrogen and oxygen atoms in total. The van der Waals surface area contributed by atoms with Crippen LogP contribution in [-0.2, 0) is 4.79 Å². The van der Waals surface area contributed by atoms with Gasteiger partial charge in [-0.3, -0.25) is 9.69 Å². The number of amides is 1. The quantitative estimate of drug-likeness (QED) is 0.739. The molecule has 2 saturated heterocycles. The Morgan fingerprint density at radius 1 is 1.27 bits per heavy atom. The third kappa shape index (κ3) is 6.09. The van der Waals surface area contributed by atoms with Gasteiger partial charge in [0.15, 0.2) is 0 Å². The highest BCUT2D eigenvalue weighted by atomic mass is 16.1. The summed E-state index contributed by atoms with van der Waals surface area (Å²) in [6.07, 6.45) is 8.04. The minimum Gasteiger partial charge on any atom is -0.356 e. The fraction of sp³-hybridized carbons (Fsp3) is 0.833. The van der Waals surface area contributed by atoms with Crippen LogP contribution in [-0.4, -0.2) is 50.1 Å². The van der Waals surface area contributed by atoms with E-state index in [2.05, 4.69) is 35.5 Å². The fourth-order valence-electron chi connectivity index (χ4n) is 3.49. The average Bonchev–Trinajstić information content (AvgIpc) is 2.54. The molecule has 0 radical (unpaired) electrons. The number of hydrogen-bond acceptors (Lipinski definition) is 3. The molecular weight excluding hydrogens is 274 g/mol. The van der Waals surface area contributed by atoms with Crippen LogP contribution < -0.4 is 10.6 Å². The van der Waals surface area contributed by atoms with Gasteiger partial charge >= 0.3 is 0 Å². The van der Waals surface area contributed by atoms with E-state index in [4.69, 9.17) is 0 Å². The third-order valence-corrected chi connectivity index (χ3v) is 4.92. The van der Waals surface area contributed by atoms with Crippen LogP contribution in [0.2, 0.25) is 0 Å². The molecule has 0 unspecified atom stereocenters. The van der Waals surface area contributed by atoms with Crippen LogP contribution in [0.25, 0.3) is 0 Å². The van der Waals surface area contributed by atoms with Crippen molar-refractivity contribution < 1.29 is 4.79 Å². The van der Waals surface area contributed by atoms with Crippen molar-refractivity contribution in [1.82, 2.24) is 15.5 Å². The Morgan fingerprint density at radius 2 is 2.05 bits per heavy atom. The molecule has 1 amide bonds. The van der Waals surface area contributed by atoms with Gasteiger partial charge in [0, 0.05) is 25.6 Å². The zero-order valence-electron chi connectivity index (χ0n) is 14.4. The molecule has 2 heterocycles. The molecular formula is C18H33N3O. The molecule has 2 rings (SSSR count). The number of likely N-dealkylation sites (tertiary alicyclic amines) is 1. The van der Waals surface area contributed by atoms with E-state index in [1.54, 1.807) is 0 Å². The molecule has 2 aliphatic heterocycles. The Kier molecular flexibility index (Phi) is 7.40. The van der Waals surface area contributed by atoms with Crippen LogP contribution in [0.4, 0.5) is 0 Å². The van der Waals surface area contributed by atoms with Crippen molar-refractivity contribution in [2.75, 3.05) is 39.3 Å². The molecule has 0 aliphatic carbocycles. The van der Waals surface area contributed by atoms with Gasteiger partial charge < -0.3 is 10.6 Å². The molecule has 22 heavy (non-hydrogen) atoms.